The molecular weight excluding hydrogens is 174 g/mol. The Hall–Kier alpha value is -0.120. The smallest absolute Gasteiger partial charge is 0.0107 e. The Morgan fingerprint density at radius 1 is 1.36 bits per heavy atom. The number of hydrogen-bond donors (Lipinski definition) is 2. The van der Waals surface area contributed by atoms with Gasteiger partial charge in [0.15, 0.2) is 0 Å². The molecule has 1 unspecified atom stereocenters. The molecule has 1 aliphatic heterocycles. The van der Waals surface area contributed by atoms with Crippen LogP contribution < -0.4 is 10.6 Å². The van der Waals surface area contributed by atoms with Crippen LogP contribution in [0.15, 0.2) is 0 Å². The zero-order valence-electron chi connectivity index (χ0n) is 9.68. The second kappa shape index (κ2) is 7.21. The summed E-state index contributed by atoms with van der Waals surface area (Å²) in [6.07, 6.45) is 2.52. The van der Waals surface area contributed by atoms with Crippen LogP contribution in [0.3, 0.4) is 0 Å². The minimum atomic E-state index is 0.667. The lowest BCUT2D eigenvalue weighted by Gasteiger charge is -2.20. The fourth-order valence-corrected chi connectivity index (χ4v) is 1.74. The third-order valence-electron chi connectivity index (χ3n) is 2.97. The zero-order valence-corrected chi connectivity index (χ0v) is 9.68. The third kappa shape index (κ3) is 4.94. The number of hydrogen-bond acceptors (Lipinski definition) is 3. The molecule has 1 atom stereocenters. The van der Waals surface area contributed by atoms with Gasteiger partial charge in [0.25, 0.3) is 0 Å². The Morgan fingerprint density at radius 3 is 3.00 bits per heavy atom. The van der Waals surface area contributed by atoms with Gasteiger partial charge in [-0.25, -0.2) is 0 Å². The normalized spacial score (nSPS) is 21.9. The summed E-state index contributed by atoms with van der Waals surface area (Å²) in [4.78, 5) is 2.55. The fraction of sp³-hybridized carbons (Fsp3) is 1.00. The molecule has 1 fully saturated rings. The van der Waals surface area contributed by atoms with E-state index in [1.165, 1.54) is 39.0 Å². The van der Waals surface area contributed by atoms with Crippen LogP contribution in [-0.4, -0.2) is 50.2 Å². The summed E-state index contributed by atoms with van der Waals surface area (Å²) in [6.45, 7) is 11.6. The highest BCUT2D eigenvalue weighted by Gasteiger charge is 2.07. The highest BCUT2D eigenvalue weighted by atomic mass is 15.2. The summed E-state index contributed by atoms with van der Waals surface area (Å²) in [5.74, 6) is 0. The molecule has 0 amide bonds. The van der Waals surface area contributed by atoms with Gasteiger partial charge in [-0.05, 0) is 32.9 Å². The number of nitrogens with one attached hydrogen (secondary N) is 2. The van der Waals surface area contributed by atoms with Crippen molar-refractivity contribution >= 4 is 0 Å². The molecule has 0 aliphatic carbocycles. The minimum Gasteiger partial charge on any atom is -0.315 e. The first-order valence-electron chi connectivity index (χ1n) is 5.99. The Labute approximate surface area is 88.2 Å². The summed E-state index contributed by atoms with van der Waals surface area (Å²) in [6, 6.07) is 0.667. The molecule has 0 spiro atoms. The van der Waals surface area contributed by atoms with Gasteiger partial charge >= 0.3 is 0 Å². The van der Waals surface area contributed by atoms with E-state index in [0.29, 0.717) is 6.04 Å². The van der Waals surface area contributed by atoms with Crippen LogP contribution in [0.2, 0.25) is 0 Å². The molecule has 14 heavy (non-hydrogen) atoms. The number of rotatable bonds is 5. The van der Waals surface area contributed by atoms with E-state index in [0.717, 1.165) is 13.1 Å². The van der Waals surface area contributed by atoms with Gasteiger partial charge < -0.3 is 15.5 Å². The molecule has 1 heterocycles. The minimum absolute atomic E-state index is 0.667. The van der Waals surface area contributed by atoms with E-state index in [2.05, 4.69) is 29.4 Å². The third-order valence-corrected chi connectivity index (χ3v) is 2.97. The topological polar surface area (TPSA) is 27.3 Å². The molecule has 0 radical (unpaired) electrons. The largest absolute Gasteiger partial charge is 0.315 e. The van der Waals surface area contributed by atoms with Crippen molar-refractivity contribution in [2.75, 3.05) is 39.3 Å². The molecule has 1 saturated heterocycles. The average Bonchev–Trinajstić information content (AvgIpc) is 2.46. The van der Waals surface area contributed by atoms with Gasteiger partial charge in [-0.1, -0.05) is 6.92 Å². The van der Waals surface area contributed by atoms with Crippen LogP contribution >= 0.6 is 0 Å². The van der Waals surface area contributed by atoms with Crippen LogP contribution in [0.1, 0.15) is 26.7 Å². The van der Waals surface area contributed by atoms with Crippen LogP contribution in [0, 0.1) is 0 Å². The van der Waals surface area contributed by atoms with Crippen molar-refractivity contribution in [1.29, 1.82) is 0 Å². The molecule has 1 rings (SSSR count). The lowest BCUT2D eigenvalue weighted by atomic mass is 10.2. The molecule has 2 N–H and O–H groups in total. The standard InChI is InChI=1S/C11H25N3/c1-3-11(2)13-7-10-14-8-4-5-12-6-9-14/h11-13H,3-10H2,1-2H3. The summed E-state index contributed by atoms with van der Waals surface area (Å²) in [5, 5.41) is 6.96. The van der Waals surface area contributed by atoms with Crippen molar-refractivity contribution in [3.8, 4) is 0 Å². The zero-order chi connectivity index (χ0) is 10.2. The van der Waals surface area contributed by atoms with Gasteiger partial charge in [-0.15, -0.1) is 0 Å². The monoisotopic (exact) mass is 199 g/mol. The highest BCUT2D eigenvalue weighted by Crippen LogP contribution is 1.94. The SMILES string of the molecule is CCC(C)NCCN1CCCNCC1. The molecule has 1 aliphatic rings. The predicted molar refractivity (Wildman–Crippen MR) is 61.7 cm³/mol. The van der Waals surface area contributed by atoms with Crippen LogP contribution in [-0.2, 0) is 0 Å². The molecular formula is C11H25N3. The summed E-state index contributed by atoms with van der Waals surface area (Å²) >= 11 is 0. The molecule has 84 valence electrons. The van der Waals surface area contributed by atoms with Gasteiger partial charge in [0.2, 0.25) is 0 Å². The molecule has 0 aromatic heterocycles. The van der Waals surface area contributed by atoms with E-state index in [-0.39, 0.29) is 0 Å². The molecule has 0 saturated carbocycles. The van der Waals surface area contributed by atoms with Gasteiger partial charge in [-0.2, -0.15) is 0 Å². The van der Waals surface area contributed by atoms with Crippen molar-refractivity contribution in [3.63, 3.8) is 0 Å². The highest BCUT2D eigenvalue weighted by molar-refractivity contribution is 4.67. The van der Waals surface area contributed by atoms with E-state index >= 15 is 0 Å². The van der Waals surface area contributed by atoms with E-state index in [9.17, 15) is 0 Å². The van der Waals surface area contributed by atoms with Gasteiger partial charge in [0.05, 0.1) is 0 Å². The molecule has 3 nitrogen and oxygen atoms in total. The number of nitrogens with zero attached hydrogens (tertiary/aromatic N) is 1. The van der Waals surface area contributed by atoms with E-state index in [1.54, 1.807) is 0 Å². The second-order valence-corrected chi connectivity index (χ2v) is 4.21. The van der Waals surface area contributed by atoms with Crippen LogP contribution in [0.5, 0.6) is 0 Å². The van der Waals surface area contributed by atoms with Gasteiger partial charge in [-0.3, -0.25) is 0 Å². The first-order chi connectivity index (χ1) is 6.83. The maximum Gasteiger partial charge on any atom is 0.0107 e. The van der Waals surface area contributed by atoms with Crippen molar-refractivity contribution in [1.82, 2.24) is 15.5 Å². The lowest BCUT2D eigenvalue weighted by molar-refractivity contribution is 0.286. The first-order valence-corrected chi connectivity index (χ1v) is 5.99. The van der Waals surface area contributed by atoms with Crippen LogP contribution in [0.4, 0.5) is 0 Å². The Bertz CT molecular complexity index is 130. The molecule has 0 aromatic carbocycles. The molecule has 0 bridgehead atoms. The Kier molecular flexibility index (Phi) is 6.15. The van der Waals surface area contributed by atoms with Gasteiger partial charge in [0, 0.05) is 32.2 Å². The predicted octanol–water partition coefficient (Wildman–Crippen LogP) is 0.670. The van der Waals surface area contributed by atoms with Gasteiger partial charge in [0.1, 0.15) is 0 Å². The fourth-order valence-electron chi connectivity index (χ4n) is 1.74. The van der Waals surface area contributed by atoms with Crippen LogP contribution in [0.25, 0.3) is 0 Å². The van der Waals surface area contributed by atoms with E-state index < -0.39 is 0 Å². The van der Waals surface area contributed by atoms with E-state index in [4.69, 9.17) is 0 Å². The second-order valence-electron chi connectivity index (χ2n) is 4.21. The van der Waals surface area contributed by atoms with Crippen molar-refractivity contribution < 1.29 is 0 Å². The summed E-state index contributed by atoms with van der Waals surface area (Å²) in [7, 11) is 0. The maximum absolute atomic E-state index is 3.54. The van der Waals surface area contributed by atoms with Crippen molar-refractivity contribution in [3.05, 3.63) is 0 Å². The molecule has 3 heteroatoms. The molecule has 0 aromatic rings. The lowest BCUT2D eigenvalue weighted by Crippen LogP contribution is -2.37. The Morgan fingerprint density at radius 2 is 2.21 bits per heavy atom. The quantitative estimate of drug-likeness (QED) is 0.681. The maximum atomic E-state index is 3.54. The Balaban J connectivity index is 2.04. The van der Waals surface area contributed by atoms with E-state index in [1.807, 2.05) is 0 Å². The van der Waals surface area contributed by atoms with Crippen molar-refractivity contribution in [2.24, 2.45) is 0 Å². The van der Waals surface area contributed by atoms with Crippen molar-refractivity contribution in [2.45, 2.75) is 32.7 Å². The summed E-state index contributed by atoms with van der Waals surface area (Å²) < 4.78 is 0. The summed E-state index contributed by atoms with van der Waals surface area (Å²) in [5.41, 5.74) is 0. The average molecular weight is 199 g/mol. The first kappa shape index (κ1) is 12.0.